The number of rotatable bonds is 5. The Morgan fingerprint density at radius 2 is 1.89 bits per heavy atom. The SMILES string of the molecule is Cl.O=S(=O)(NCC(N1CCNCC1)C(F)(F)F)c1cccc2ncccc12. The van der Waals surface area contributed by atoms with Gasteiger partial charge in [0.15, 0.2) is 0 Å². The van der Waals surface area contributed by atoms with E-state index in [0.29, 0.717) is 24.0 Å². The second-order valence-corrected chi connectivity index (χ2v) is 7.76. The van der Waals surface area contributed by atoms with Gasteiger partial charge in [0.25, 0.3) is 0 Å². The van der Waals surface area contributed by atoms with Crippen molar-refractivity contribution in [1.29, 1.82) is 0 Å². The van der Waals surface area contributed by atoms with Crippen molar-refractivity contribution in [3.05, 3.63) is 36.5 Å². The number of aromatic nitrogens is 1. The number of nitrogens with one attached hydrogen (secondary N) is 2. The Labute approximate surface area is 161 Å². The molecule has 0 aliphatic carbocycles. The molecule has 0 saturated carbocycles. The van der Waals surface area contributed by atoms with Gasteiger partial charge in [0, 0.05) is 44.3 Å². The summed E-state index contributed by atoms with van der Waals surface area (Å²) in [6.45, 7) is 0.569. The van der Waals surface area contributed by atoms with E-state index in [2.05, 4.69) is 15.0 Å². The first-order valence-corrected chi connectivity index (χ1v) is 9.62. The molecule has 2 N–H and O–H groups in total. The molecule has 6 nitrogen and oxygen atoms in total. The summed E-state index contributed by atoms with van der Waals surface area (Å²) in [6, 6.07) is 5.82. The van der Waals surface area contributed by atoms with Crippen LogP contribution in [0.25, 0.3) is 10.9 Å². The number of pyridine rings is 1. The van der Waals surface area contributed by atoms with Gasteiger partial charge < -0.3 is 5.32 Å². The van der Waals surface area contributed by atoms with Gasteiger partial charge in [0.1, 0.15) is 6.04 Å². The maximum atomic E-state index is 13.4. The monoisotopic (exact) mass is 424 g/mol. The van der Waals surface area contributed by atoms with Crippen LogP contribution in [0.5, 0.6) is 0 Å². The fourth-order valence-electron chi connectivity index (χ4n) is 3.02. The number of sulfonamides is 1. The summed E-state index contributed by atoms with van der Waals surface area (Å²) >= 11 is 0. The molecule has 0 bridgehead atoms. The fraction of sp³-hybridized carbons (Fsp3) is 0.438. The molecule has 1 atom stereocenters. The average Bonchev–Trinajstić information content (AvgIpc) is 2.61. The van der Waals surface area contributed by atoms with Crippen LogP contribution >= 0.6 is 12.4 Å². The van der Waals surface area contributed by atoms with Crippen LogP contribution in [0, 0.1) is 0 Å². The number of hydrogen-bond donors (Lipinski definition) is 2. The van der Waals surface area contributed by atoms with Crippen molar-refractivity contribution in [3.63, 3.8) is 0 Å². The van der Waals surface area contributed by atoms with Gasteiger partial charge >= 0.3 is 6.18 Å². The highest BCUT2D eigenvalue weighted by molar-refractivity contribution is 7.89. The highest BCUT2D eigenvalue weighted by Crippen LogP contribution is 2.26. The molecule has 3 rings (SSSR count). The highest BCUT2D eigenvalue weighted by Gasteiger charge is 2.44. The minimum Gasteiger partial charge on any atom is -0.314 e. The zero-order valence-electron chi connectivity index (χ0n) is 14.2. The molecule has 1 fully saturated rings. The van der Waals surface area contributed by atoms with Crippen molar-refractivity contribution < 1.29 is 21.6 Å². The van der Waals surface area contributed by atoms with E-state index in [1.165, 1.54) is 23.2 Å². The van der Waals surface area contributed by atoms with Gasteiger partial charge in [-0.2, -0.15) is 13.2 Å². The molecule has 1 aliphatic rings. The van der Waals surface area contributed by atoms with E-state index in [1.54, 1.807) is 18.2 Å². The largest absolute Gasteiger partial charge is 0.405 e. The molecule has 0 spiro atoms. The van der Waals surface area contributed by atoms with Crippen LogP contribution in [0.2, 0.25) is 0 Å². The van der Waals surface area contributed by atoms with Gasteiger partial charge in [-0.05, 0) is 24.3 Å². The standard InChI is InChI=1S/C16H19F3N4O2S.ClH/c17-16(18,19)15(23-9-7-20-8-10-23)11-22-26(24,25)14-5-1-4-13-12(14)3-2-6-21-13;/h1-6,15,20,22H,7-11H2;1H. The second-order valence-electron chi connectivity index (χ2n) is 6.02. The molecule has 27 heavy (non-hydrogen) atoms. The summed E-state index contributed by atoms with van der Waals surface area (Å²) in [5, 5.41) is 3.35. The van der Waals surface area contributed by atoms with Crippen molar-refractivity contribution >= 4 is 33.3 Å². The second kappa shape index (κ2) is 8.70. The molecule has 1 unspecified atom stereocenters. The molecule has 1 aliphatic heterocycles. The summed E-state index contributed by atoms with van der Waals surface area (Å²) < 4.78 is 67.7. The Hall–Kier alpha value is -1.46. The van der Waals surface area contributed by atoms with Crippen molar-refractivity contribution in [2.75, 3.05) is 32.7 Å². The number of hydrogen-bond acceptors (Lipinski definition) is 5. The van der Waals surface area contributed by atoms with E-state index in [-0.39, 0.29) is 30.4 Å². The maximum Gasteiger partial charge on any atom is 0.405 e. The summed E-state index contributed by atoms with van der Waals surface area (Å²) in [7, 11) is -4.11. The molecule has 11 heteroatoms. The predicted molar refractivity (Wildman–Crippen MR) is 98.5 cm³/mol. The van der Waals surface area contributed by atoms with Gasteiger partial charge in [0.2, 0.25) is 10.0 Å². The molecule has 0 radical (unpaired) electrons. The lowest BCUT2D eigenvalue weighted by Gasteiger charge is -2.35. The zero-order valence-corrected chi connectivity index (χ0v) is 15.9. The van der Waals surface area contributed by atoms with E-state index in [1.807, 2.05) is 0 Å². The molecule has 2 aromatic rings. The Bertz CT molecular complexity index is 868. The fourth-order valence-corrected chi connectivity index (χ4v) is 4.27. The van der Waals surface area contributed by atoms with Gasteiger partial charge in [0.05, 0.1) is 10.4 Å². The number of halogens is 4. The number of alkyl halides is 3. The first-order chi connectivity index (χ1) is 12.3. The molecule has 1 aromatic heterocycles. The topological polar surface area (TPSA) is 74.3 Å². The van der Waals surface area contributed by atoms with Crippen LogP contribution in [0.4, 0.5) is 13.2 Å². The van der Waals surface area contributed by atoms with Crippen LogP contribution in [0.1, 0.15) is 0 Å². The number of piperazine rings is 1. The quantitative estimate of drug-likeness (QED) is 0.765. The molecular formula is C16H20ClF3N4O2S. The minimum absolute atomic E-state index is 0. The van der Waals surface area contributed by atoms with Crippen LogP contribution in [-0.4, -0.2) is 63.2 Å². The van der Waals surface area contributed by atoms with E-state index >= 15 is 0 Å². The summed E-state index contributed by atoms with van der Waals surface area (Å²) in [4.78, 5) is 5.25. The smallest absolute Gasteiger partial charge is 0.314 e. The first-order valence-electron chi connectivity index (χ1n) is 8.14. The van der Waals surface area contributed by atoms with E-state index < -0.39 is 28.8 Å². The average molecular weight is 425 g/mol. The zero-order chi connectivity index (χ0) is 18.8. The van der Waals surface area contributed by atoms with Crippen molar-refractivity contribution in [2.24, 2.45) is 0 Å². The minimum atomic E-state index is -4.53. The molecule has 1 saturated heterocycles. The lowest BCUT2D eigenvalue weighted by Crippen LogP contribution is -2.57. The normalized spacial score (nSPS) is 17.4. The van der Waals surface area contributed by atoms with Gasteiger partial charge in [-0.1, -0.05) is 6.07 Å². The van der Waals surface area contributed by atoms with Crippen LogP contribution in [0.3, 0.4) is 0 Å². The first kappa shape index (κ1) is 21.8. The molecule has 2 heterocycles. The third kappa shape index (κ3) is 5.08. The van der Waals surface area contributed by atoms with Crippen LogP contribution in [0.15, 0.2) is 41.4 Å². The Balaban J connectivity index is 0.00000261. The molecule has 1 aromatic carbocycles. The lowest BCUT2D eigenvalue weighted by molar-refractivity contribution is -0.182. The molecular weight excluding hydrogens is 405 g/mol. The van der Waals surface area contributed by atoms with Crippen molar-refractivity contribution in [3.8, 4) is 0 Å². The number of fused-ring (bicyclic) bond motifs is 1. The van der Waals surface area contributed by atoms with Crippen LogP contribution in [-0.2, 0) is 10.0 Å². The van der Waals surface area contributed by atoms with E-state index in [0.717, 1.165) is 0 Å². The Morgan fingerprint density at radius 1 is 1.19 bits per heavy atom. The van der Waals surface area contributed by atoms with Crippen LogP contribution < -0.4 is 10.0 Å². The molecule has 150 valence electrons. The predicted octanol–water partition coefficient (Wildman–Crippen LogP) is 1.77. The third-order valence-electron chi connectivity index (χ3n) is 4.33. The van der Waals surface area contributed by atoms with Gasteiger partial charge in [-0.25, -0.2) is 13.1 Å². The summed E-state index contributed by atoms with van der Waals surface area (Å²) in [5.41, 5.74) is 0.463. The van der Waals surface area contributed by atoms with E-state index in [4.69, 9.17) is 0 Å². The lowest BCUT2D eigenvalue weighted by atomic mass is 10.2. The van der Waals surface area contributed by atoms with Crippen molar-refractivity contribution in [1.82, 2.24) is 19.9 Å². The van der Waals surface area contributed by atoms with Gasteiger partial charge in [-0.3, -0.25) is 9.88 Å². The maximum absolute atomic E-state index is 13.4. The van der Waals surface area contributed by atoms with Crippen molar-refractivity contribution in [2.45, 2.75) is 17.1 Å². The van der Waals surface area contributed by atoms with Gasteiger partial charge in [-0.15, -0.1) is 12.4 Å². The number of nitrogens with zero attached hydrogens (tertiary/aromatic N) is 2. The van der Waals surface area contributed by atoms with E-state index in [9.17, 15) is 21.6 Å². The Morgan fingerprint density at radius 3 is 2.56 bits per heavy atom. The third-order valence-corrected chi connectivity index (χ3v) is 5.81. The Kier molecular flexibility index (Phi) is 7.03. The highest BCUT2D eigenvalue weighted by atomic mass is 35.5. The molecule has 0 amide bonds. The summed E-state index contributed by atoms with van der Waals surface area (Å²) in [6.07, 6.45) is -3.00. The summed E-state index contributed by atoms with van der Waals surface area (Å²) in [5.74, 6) is 0. The number of benzene rings is 1.